The summed E-state index contributed by atoms with van der Waals surface area (Å²) in [7, 11) is 2.00. The van der Waals surface area contributed by atoms with Crippen LogP contribution in [-0.4, -0.2) is 32.2 Å². The molecular formula is C13H22N4OS. The first-order valence-electron chi connectivity index (χ1n) is 7.11. The van der Waals surface area contributed by atoms with Gasteiger partial charge in [0.25, 0.3) is 0 Å². The van der Waals surface area contributed by atoms with Gasteiger partial charge >= 0.3 is 0 Å². The molecule has 0 aromatic carbocycles. The van der Waals surface area contributed by atoms with E-state index < -0.39 is 0 Å². The largest absolute Gasteiger partial charge is 0.375 e. The van der Waals surface area contributed by atoms with Gasteiger partial charge in [0.1, 0.15) is 5.82 Å². The summed E-state index contributed by atoms with van der Waals surface area (Å²) in [6.07, 6.45) is 7.37. The van der Waals surface area contributed by atoms with Gasteiger partial charge in [-0.2, -0.15) is 0 Å². The van der Waals surface area contributed by atoms with Crippen molar-refractivity contribution in [2.24, 2.45) is 12.8 Å². The molecule has 1 atom stereocenters. The summed E-state index contributed by atoms with van der Waals surface area (Å²) in [6, 6.07) is 0. The van der Waals surface area contributed by atoms with Gasteiger partial charge in [0.05, 0.1) is 12.1 Å². The zero-order valence-corrected chi connectivity index (χ0v) is 12.3. The van der Waals surface area contributed by atoms with E-state index in [1.165, 1.54) is 25.7 Å². The normalized spacial score (nSPS) is 26.1. The first-order valence-corrected chi connectivity index (χ1v) is 7.99. The maximum absolute atomic E-state index is 6.07. The fraction of sp³-hybridized carbons (Fsp3) is 0.846. The topological polar surface area (TPSA) is 66.0 Å². The SMILES string of the molecule is Cn1c(CN)nnc1SC1CCOC2(CCCC2)C1. The minimum Gasteiger partial charge on any atom is -0.375 e. The quantitative estimate of drug-likeness (QED) is 0.916. The van der Waals surface area contributed by atoms with E-state index in [0.717, 1.165) is 30.4 Å². The van der Waals surface area contributed by atoms with Crippen molar-refractivity contribution in [1.29, 1.82) is 0 Å². The van der Waals surface area contributed by atoms with Crippen LogP contribution in [0.2, 0.25) is 0 Å². The second-order valence-corrected chi connectivity index (χ2v) is 6.90. The standard InChI is InChI=1S/C13H22N4OS/c1-17-11(9-14)15-16-12(17)19-10-4-7-18-13(8-10)5-2-3-6-13/h10H,2-9,14H2,1H3. The van der Waals surface area contributed by atoms with Crippen LogP contribution >= 0.6 is 11.8 Å². The van der Waals surface area contributed by atoms with E-state index in [4.69, 9.17) is 10.5 Å². The van der Waals surface area contributed by atoms with Gasteiger partial charge in [0.2, 0.25) is 0 Å². The predicted octanol–water partition coefficient (Wildman–Crippen LogP) is 1.86. The Bertz CT molecular complexity index is 442. The monoisotopic (exact) mass is 282 g/mol. The fourth-order valence-corrected chi connectivity index (χ4v) is 4.48. The van der Waals surface area contributed by atoms with Gasteiger partial charge in [0, 0.05) is 18.9 Å². The molecule has 2 heterocycles. The van der Waals surface area contributed by atoms with Crippen molar-refractivity contribution in [1.82, 2.24) is 14.8 Å². The molecule has 1 saturated carbocycles. The van der Waals surface area contributed by atoms with Gasteiger partial charge in [-0.3, -0.25) is 0 Å². The molecule has 2 N–H and O–H groups in total. The zero-order chi connectivity index (χ0) is 13.3. The van der Waals surface area contributed by atoms with Crippen LogP contribution in [0.4, 0.5) is 0 Å². The number of hydrogen-bond donors (Lipinski definition) is 1. The highest BCUT2D eigenvalue weighted by molar-refractivity contribution is 7.99. The van der Waals surface area contributed by atoms with Crippen LogP contribution in [0.3, 0.4) is 0 Å². The van der Waals surface area contributed by atoms with Crippen molar-refractivity contribution >= 4 is 11.8 Å². The molecule has 1 saturated heterocycles. The Morgan fingerprint density at radius 3 is 2.89 bits per heavy atom. The summed E-state index contributed by atoms with van der Waals surface area (Å²) < 4.78 is 8.09. The molecule has 2 fully saturated rings. The van der Waals surface area contributed by atoms with Gasteiger partial charge in [-0.25, -0.2) is 0 Å². The maximum atomic E-state index is 6.07. The Hall–Kier alpha value is -0.590. The van der Waals surface area contributed by atoms with Crippen LogP contribution in [-0.2, 0) is 18.3 Å². The minimum absolute atomic E-state index is 0.172. The highest BCUT2D eigenvalue weighted by Crippen LogP contribution is 2.44. The van der Waals surface area contributed by atoms with Gasteiger partial charge in [-0.1, -0.05) is 24.6 Å². The van der Waals surface area contributed by atoms with Crippen LogP contribution in [0, 0.1) is 0 Å². The lowest BCUT2D eigenvalue weighted by atomic mass is 9.92. The molecule has 2 aliphatic rings. The highest BCUT2D eigenvalue weighted by atomic mass is 32.2. The van der Waals surface area contributed by atoms with E-state index in [2.05, 4.69) is 10.2 Å². The smallest absolute Gasteiger partial charge is 0.191 e. The maximum Gasteiger partial charge on any atom is 0.191 e. The molecule has 1 aromatic heterocycles. The molecule has 0 amide bonds. The van der Waals surface area contributed by atoms with Crippen molar-refractivity contribution in [3.05, 3.63) is 5.82 Å². The van der Waals surface area contributed by atoms with E-state index in [1.54, 1.807) is 0 Å². The second-order valence-electron chi connectivity index (χ2n) is 5.63. The average molecular weight is 282 g/mol. The Morgan fingerprint density at radius 2 is 2.21 bits per heavy atom. The third-order valence-corrected chi connectivity index (χ3v) is 5.64. The molecule has 0 bridgehead atoms. The van der Waals surface area contributed by atoms with Crippen LogP contribution in [0.15, 0.2) is 5.16 Å². The lowest BCUT2D eigenvalue weighted by Crippen LogP contribution is -2.38. The van der Waals surface area contributed by atoms with Gasteiger partial charge < -0.3 is 15.0 Å². The summed E-state index contributed by atoms with van der Waals surface area (Å²) in [5.74, 6) is 0.852. The number of ether oxygens (including phenoxy) is 1. The molecule has 5 nitrogen and oxygen atoms in total. The summed E-state index contributed by atoms with van der Waals surface area (Å²) in [4.78, 5) is 0. The molecule has 1 aliphatic carbocycles. The third kappa shape index (κ3) is 2.66. The molecular weight excluding hydrogens is 260 g/mol. The summed E-state index contributed by atoms with van der Waals surface area (Å²) in [5, 5.41) is 9.96. The van der Waals surface area contributed by atoms with Crippen molar-refractivity contribution in [3.63, 3.8) is 0 Å². The number of aromatic nitrogens is 3. The first-order chi connectivity index (χ1) is 9.22. The second kappa shape index (κ2) is 5.42. The fourth-order valence-electron chi connectivity index (χ4n) is 3.23. The van der Waals surface area contributed by atoms with Crippen molar-refractivity contribution < 1.29 is 4.74 Å². The lowest BCUT2D eigenvalue weighted by molar-refractivity contribution is -0.0704. The first kappa shape index (κ1) is 13.4. The molecule has 0 radical (unpaired) electrons. The summed E-state index contributed by atoms with van der Waals surface area (Å²) in [5.41, 5.74) is 5.81. The number of nitrogens with two attached hydrogens (primary N) is 1. The van der Waals surface area contributed by atoms with E-state index in [0.29, 0.717) is 11.8 Å². The Labute approximate surface area is 118 Å². The van der Waals surface area contributed by atoms with Crippen molar-refractivity contribution in [2.45, 2.75) is 61.1 Å². The van der Waals surface area contributed by atoms with E-state index in [-0.39, 0.29) is 5.60 Å². The van der Waals surface area contributed by atoms with Gasteiger partial charge in [0.15, 0.2) is 5.16 Å². The van der Waals surface area contributed by atoms with Crippen LogP contribution < -0.4 is 5.73 Å². The minimum atomic E-state index is 0.172. The molecule has 6 heteroatoms. The Balaban J connectivity index is 1.67. The number of rotatable bonds is 3. The molecule has 1 spiro atoms. The van der Waals surface area contributed by atoms with Gasteiger partial charge in [-0.05, 0) is 25.7 Å². The number of hydrogen-bond acceptors (Lipinski definition) is 5. The molecule has 19 heavy (non-hydrogen) atoms. The number of nitrogens with zero attached hydrogens (tertiary/aromatic N) is 3. The average Bonchev–Trinajstić information content (AvgIpc) is 2.99. The predicted molar refractivity (Wildman–Crippen MR) is 74.9 cm³/mol. The van der Waals surface area contributed by atoms with Crippen LogP contribution in [0.1, 0.15) is 44.3 Å². The Morgan fingerprint density at radius 1 is 1.42 bits per heavy atom. The van der Waals surface area contributed by atoms with Crippen molar-refractivity contribution in [3.8, 4) is 0 Å². The van der Waals surface area contributed by atoms with E-state index in [9.17, 15) is 0 Å². The molecule has 1 aliphatic heterocycles. The molecule has 3 rings (SSSR count). The van der Waals surface area contributed by atoms with Crippen molar-refractivity contribution in [2.75, 3.05) is 6.61 Å². The molecule has 1 aromatic rings. The van der Waals surface area contributed by atoms with Gasteiger partial charge in [-0.15, -0.1) is 10.2 Å². The van der Waals surface area contributed by atoms with E-state index >= 15 is 0 Å². The van der Waals surface area contributed by atoms with E-state index in [1.807, 2.05) is 23.4 Å². The number of thioether (sulfide) groups is 1. The highest BCUT2D eigenvalue weighted by Gasteiger charge is 2.40. The molecule has 106 valence electrons. The lowest BCUT2D eigenvalue weighted by Gasteiger charge is -2.37. The summed E-state index contributed by atoms with van der Waals surface area (Å²) in [6.45, 7) is 1.33. The van der Waals surface area contributed by atoms with Crippen LogP contribution in [0.5, 0.6) is 0 Å². The summed E-state index contributed by atoms with van der Waals surface area (Å²) >= 11 is 1.84. The Kier molecular flexibility index (Phi) is 3.82. The molecule has 1 unspecified atom stereocenters. The third-order valence-electron chi connectivity index (χ3n) is 4.34. The van der Waals surface area contributed by atoms with Crippen LogP contribution in [0.25, 0.3) is 0 Å². The zero-order valence-electron chi connectivity index (χ0n) is 11.5.